The first kappa shape index (κ1) is 50.2. The van der Waals surface area contributed by atoms with Gasteiger partial charge in [-0.15, -0.1) is 0 Å². The summed E-state index contributed by atoms with van der Waals surface area (Å²) in [6.07, 6.45) is 1.23. The van der Waals surface area contributed by atoms with Crippen molar-refractivity contribution >= 4 is 35.8 Å². The van der Waals surface area contributed by atoms with Crippen LogP contribution in [-0.4, -0.2) is 108 Å². The number of unbranched alkanes of at least 4 members (excludes halogenated alkanes) is 1. The molecule has 0 saturated heterocycles. The van der Waals surface area contributed by atoms with Crippen LogP contribution in [-0.2, 0) is 43.7 Å². The van der Waals surface area contributed by atoms with Crippen LogP contribution in [0.3, 0.4) is 0 Å². The van der Waals surface area contributed by atoms with E-state index in [1.807, 2.05) is 31.2 Å². The number of carbonyl (C=O) groups excluding carboxylic acids is 3. The van der Waals surface area contributed by atoms with E-state index in [1.165, 1.54) is 0 Å². The van der Waals surface area contributed by atoms with Gasteiger partial charge in [-0.05, 0) is 74.9 Å². The fourth-order valence-electron chi connectivity index (χ4n) is 5.36. The lowest BCUT2D eigenvalue weighted by atomic mass is 9.73. The molecule has 2 aromatic carbocycles. The number of rotatable bonds is 26. The standard InChI is InChI=1S/C39H50N2O13.2FH/c1-26(2)37(49)53-22-20-51-30-13-9-28(10-14-30)39(5,29-11-15-31(16-12-29)52-21-23-54-38(50)27(3)4)18-17-33(42)40-19-7-6-8-32(36(47)48)41(24-34(43)44)25-35(45)46;;/h9-16,32H,1,3,6-8,17-25H2,2,4-5H3,(H,40,42)(H,43,44)(H,45,46)(H,47,48);2*1H. The Bertz CT molecular complexity index is 1540. The lowest BCUT2D eigenvalue weighted by Crippen LogP contribution is -2.46. The van der Waals surface area contributed by atoms with Gasteiger partial charge in [0.25, 0.3) is 0 Å². The SMILES string of the molecule is C=C(C)C(=O)OCCOc1ccc(C(C)(CCC(=O)NCCCCC(C(=O)O)N(CC(=O)O)CC(=O)O)c2ccc(OCCOC(=O)C(=C)C)cc2)cc1.F.F. The highest BCUT2D eigenvalue weighted by Gasteiger charge is 2.31. The number of carboxylic acids is 3. The number of amides is 1. The van der Waals surface area contributed by atoms with E-state index in [0.29, 0.717) is 41.9 Å². The molecule has 0 fully saturated rings. The van der Waals surface area contributed by atoms with Crippen molar-refractivity contribution in [3.8, 4) is 11.5 Å². The number of nitrogens with one attached hydrogen (secondary N) is 1. The second-order valence-corrected chi connectivity index (χ2v) is 12.8. The molecule has 56 heavy (non-hydrogen) atoms. The zero-order valence-corrected chi connectivity index (χ0v) is 31.8. The summed E-state index contributed by atoms with van der Waals surface area (Å²) in [4.78, 5) is 71.2. The van der Waals surface area contributed by atoms with Gasteiger partial charge in [0.05, 0.1) is 13.1 Å². The van der Waals surface area contributed by atoms with Crippen LogP contribution in [0.15, 0.2) is 72.8 Å². The average molecular weight is 795 g/mol. The lowest BCUT2D eigenvalue weighted by Gasteiger charge is -2.31. The van der Waals surface area contributed by atoms with E-state index in [-0.39, 0.29) is 61.1 Å². The van der Waals surface area contributed by atoms with Gasteiger partial charge >= 0.3 is 29.8 Å². The molecule has 310 valence electrons. The Morgan fingerprint density at radius 2 is 1.14 bits per heavy atom. The molecule has 15 nitrogen and oxygen atoms in total. The van der Waals surface area contributed by atoms with Crippen molar-refractivity contribution in [2.45, 2.75) is 64.3 Å². The molecule has 0 spiro atoms. The molecule has 1 atom stereocenters. The van der Waals surface area contributed by atoms with E-state index in [9.17, 15) is 33.9 Å². The lowest BCUT2D eigenvalue weighted by molar-refractivity contribution is -0.150. The summed E-state index contributed by atoms with van der Waals surface area (Å²) < 4.78 is 21.6. The summed E-state index contributed by atoms with van der Waals surface area (Å²) in [5.41, 5.74) is 1.71. The van der Waals surface area contributed by atoms with Crippen LogP contribution in [0.5, 0.6) is 11.5 Å². The second kappa shape index (κ2) is 25.3. The Morgan fingerprint density at radius 1 is 0.714 bits per heavy atom. The molecule has 0 aliphatic rings. The average Bonchev–Trinajstić information content (AvgIpc) is 3.11. The van der Waals surface area contributed by atoms with Crippen molar-refractivity contribution < 1.29 is 72.4 Å². The number of carboxylic acid groups (broad SMARTS) is 3. The largest absolute Gasteiger partial charge is 0.490 e. The molecule has 0 bridgehead atoms. The number of esters is 2. The highest BCUT2D eigenvalue weighted by atomic mass is 19.0. The van der Waals surface area contributed by atoms with E-state index in [0.717, 1.165) is 16.0 Å². The maximum Gasteiger partial charge on any atom is 0.333 e. The number of hydrogen-bond acceptors (Lipinski definition) is 11. The number of nitrogens with zero attached hydrogens (tertiary/aromatic N) is 1. The van der Waals surface area contributed by atoms with Gasteiger partial charge in [0.2, 0.25) is 5.91 Å². The normalized spacial score (nSPS) is 11.1. The van der Waals surface area contributed by atoms with Crippen molar-refractivity contribution in [3.05, 3.63) is 84.0 Å². The first-order chi connectivity index (χ1) is 25.5. The zero-order valence-electron chi connectivity index (χ0n) is 31.8. The molecule has 0 aromatic heterocycles. The highest BCUT2D eigenvalue weighted by molar-refractivity contribution is 5.87. The fraction of sp³-hybridized carbons (Fsp3) is 0.436. The van der Waals surface area contributed by atoms with Crippen molar-refractivity contribution in [2.75, 3.05) is 46.1 Å². The van der Waals surface area contributed by atoms with Crippen LogP contribution in [0, 0.1) is 0 Å². The van der Waals surface area contributed by atoms with Crippen molar-refractivity contribution in [1.82, 2.24) is 10.2 Å². The maximum atomic E-state index is 13.0. The molecule has 17 heteroatoms. The third kappa shape index (κ3) is 17.5. The summed E-state index contributed by atoms with van der Waals surface area (Å²) >= 11 is 0. The van der Waals surface area contributed by atoms with Crippen LogP contribution >= 0.6 is 0 Å². The predicted molar refractivity (Wildman–Crippen MR) is 201 cm³/mol. The monoisotopic (exact) mass is 794 g/mol. The zero-order chi connectivity index (χ0) is 40.3. The van der Waals surface area contributed by atoms with Crippen LogP contribution in [0.4, 0.5) is 9.41 Å². The summed E-state index contributed by atoms with van der Waals surface area (Å²) in [6, 6.07) is 13.4. The minimum atomic E-state index is -1.34. The van der Waals surface area contributed by atoms with Gasteiger partial charge in [-0.1, -0.05) is 44.3 Å². The Morgan fingerprint density at radius 3 is 1.52 bits per heavy atom. The summed E-state index contributed by atoms with van der Waals surface area (Å²) in [5.74, 6) is -4.13. The van der Waals surface area contributed by atoms with Crippen molar-refractivity contribution in [1.29, 1.82) is 0 Å². The number of hydrogen-bond donors (Lipinski definition) is 4. The quantitative estimate of drug-likeness (QED) is 0.0594. The van der Waals surface area contributed by atoms with Crippen molar-refractivity contribution in [3.63, 3.8) is 0 Å². The number of carbonyl (C=O) groups is 6. The molecule has 0 radical (unpaired) electrons. The molecule has 2 aromatic rings. The van der Waals surface area contributed by atoms with Crippen LogP contribution < -0.4 is 14.8 Å². The summed E-state index contributed by atoms with van der Waals surface area (Å²) in [5, 5.41) is 30.6. The molecule has 0 aliphatic carbocycles. The van der Waals surface area contributed by atoms with E-state index < -0.39 is 54.4 Å². The van der Waals surface area contributed by atoms with E-state index >= 15 is 0 Å². The number of benzene rings is 2. The third-order valence-corrected chi connectivity index (χ3v) is 8.33. The summed E-state index contributed by atoms with van der Waals surface area (Å²) in [7, 11) is 0. The minimum absolute atomic E-state index is 0. The molecular weight excluding hydrogens is 742 g/mol. The molecule has 4 N–H and O–H groups in total. The van der Waals surface area contributed by atoms with E-state index in [1.54, 1.807) is 38.1 Å². The highest BCUT2D eigenvalue weighted by Crippen LogP contribution is 2.38. The molecule has 1 amide bonds. The minimum Gasteiger partial charge on any atom is -0.490 e. The molecule has 1 unspecified atom stereocenters. The van der Waals surface area contributed by atoms with E-state index in [4.69, 9.17) is 29.2 Å². The third-order valence-electron chi connectivity index (χ3n) is 8.33. The molecule has 2 rings (SSSR count). The molecular formula is C39H52F2N2O13. The van der Waals surface area contributed by atoms with Gasteiger partial charge in [-0.2, -0.15) is 0 Å². The summed E-state index contributed by atoms with van der Waals surface area (Å²) in [6.45, 7) is 11.4. The smallest absolute Gasteiger partial charge is 0.333 e. The number of halogens is 2. The van der Waals surface area contributed by atoms with Crippen LogP contribution in [0.2, 0.25) is 0 Å². The Kier molecular flexibility index (Phi) is 22.6. The Labute approximate surface area is 324 Å². The maximum absolute atomic E-state index is 13.0. The Balaban J connectivity index is 0.0000151. The van der Waals surface area contributed by atoms with Crippen molar-refractivity contribution in [2.24, 2.45) is 0 Å². The van der Waals surface area contributed by atoms with E-state index in [2.05, 4.69) is 18.5 Å². The van der Waals surface area contributed by atoms with Gasteiger partial charge in [-0.25, -0.2) is 9.59 Å². The first-order valence-corrected chi connectivity index (χ1v) is 17.3. The predicted octanol–water partition coefficient (Wildman–Crippen LogP) is 4.28. The first-order valence-electron chi connectivity index (χ1n) is 17.3. The fourth-order valence-corrected chi connectivity index (χ4v) is 5.36. The molecule has 0 heterocycles. The van der Waals surface area contributed by atoms with Gasteiger partial charge in [-0.3, -0.25) is 33.5 Å². The van der Waals surface area contributed by atoms with Gasteiger partial charge < -0.3 is 39.6 Å². The topological polar surface area (TPSA) is 215 Å². The molecule has 0 saturated carbocycles. The second-order valence-electron chi connectivity index (χ2n) is 12.8. The van der Waals surface area contributed by atoms with Gasteiger partial charge in [0.1, 0.15) is 44.0 Å². The van der Waals surface area contributed by atoms with Gasteiger partial charge in [0, 0.05) is 29.5 Å². The Hall–Kier alpha value is -5.84. The number of ether oxygens (including phenoxy) is 4. The van der Waals surface area contributed by atoms with Gasteiger partial charge in [0.15, 0.2) is 0 Å². The molecule has 0 aliphatic heterocycles. The van der Waals surface area contributed by atoms with Crippen LogP contribution in [0.1, 0.15) is 64.0 Å². The van der Waals surface area contributed by atoms with Crippen LogP contribution in [0.25, 0.3) is 0 Å². The number of aliphatic carboxylic acids is 3.